The molecule has 1 atom stereocenters. The van der Waals surface area contributed by atoms with Crippen LogP contribution in [0, 0.1) is 0 Å². The Bertz CT molecular complexity index is 482. The van der Waals surface area contributed by atoms with Crippen molar-refractivity contribution in [1.29, 1.82) is 0 Å². The second-order valence-corrected chi connectivity index (χ2v) is 6.09. The molecule has 0 amide bonds. The minimum Gasteiger partial charge on any atom is -0.312 e. The molecule has 1 N–H and O–H groups in total. The molecule has 0 spiro atoms. The third-order valence-corrected chi connectivity index (χ3v) is 4.80. The first-order chi connectivity index (χ1) is 8.05. The zero-order chi connectivity index (χ0) is 12.5. The van der Waals surface area contributed by atoms with Crippen LogP contribution in [0.3, 0.4) is 0 Å². The fourth-order valence-electron chi connectivity index (χ4n) is 2.02. The van der Waals surface area contributed by atoms with Gasteiger partial charge in [-0.15, -0.1) is 0 Å². The van der Waals surface area contributed by atoms with Crippen molar-refractivity contribution < 1.29 is 8.42 Å². The number of rotatable bonds is 3. The topological polar surface area (TPSA) is 67.2 Å². The molecule has 6 nitrogen and oxygen atoms in total. The summed E-state index contributed by atoms with van der Waals surface area (Å²) in [6.07, 6.45) is 1.53. The molecule has 1 aliphatic heterocycles. The standard InChI is InChI=1S/C10H18N4O2S/c1-3-14-10(4-5-12-14)17(15,16)13-7-6-11-9(2)8-13/h4-5,9,11H,3,6-8H2,1-2H3/t9-/m0/s1. The Kier molecular flexibility index (Phi) is 3.50. The number of nitrogens with zero attached hydrogens (tertiary/aromatic N) is 3. The summed E-state index contributed by atoms with van der Waals surface area (Å²) in [5.41, 5.74) is 0. The molecule has 17 heavy (non-hydrogen) atoms. The molecule has 96 valence electrons. The monoisotopic (exact) mass is 258 g/mol. The maximum atomic E-state index is 12.4. The summed E-state index contributed by atoms with van der Waals surface area (Å²) in [5.74, 6) is 0. The molecule has 0 aliphatic carbocycles. The zero-order valence-corrected chi connectivity index (χ0v) is 10.9. The largest absolute Gasteiger partial charge is 0.312 e. The van der Waals surface area contributed by atoms with E-state index in [9.17, 15) is 8.42 Å². The van der Waals surface area contributed by atoms with E-state index in [-0.39, 0.29) is 11.1 Å². The Balaban J connectivity index is 2.30. The Morgan fingerprint density at radius 1 is 1.59 bits per heavy atom. The number of aryl methyl sites for hydroxylation is 1. The van der Waals surface area contributed by atoms with Gasteiger partial charge in [0.25, 0.3) is 10.0 Å². The fourth-order valence-corrected chi connectivity index (χ4v) is 3.72. The van der Waals surface area contributed by atoms with E-state index in [1.165, 1.54) is 15.2 Å². The van der Waals surface area contributed by atoms with Gasteiger partial charge in [0.05, 0.1) is 6.20 Å². The second kappa shape index (κ2) is 4.75. The highest BCUT2D eigenvalue weighted by atomic mass is 32.2. The molecule has 0 bridgehead atoms. The average molecular weight is 258 g/mol. The Morgan fingerprint density at radius 3 is 3.00 bits per heavy atom. The van der Waals surface area contributed by atoms with Crippen LogP contribution in [0.15, 0.2) is 17.3 Å². The van der Waals surface area contributed by atoms with Crippen molar-refractivity contribution in [3.63, 3.8) is 0 Å². The van der Waals surface area contributed by atoms with Crippen LogP contribution in [0.5, 0.6) is 0 Å². The van der Waals surface area contributed by atoms with Gasteiger partial charge in [-0.25, -0.2) is 8.42 Å². The highest BCUT2D eigenvalue weighted by Gasteiger charge is 2.30. The molecule has 1 aromatic heterocycles. The number of hydrogen-bond acceptors (Lipinski definition) is 4. The Hall–Kier alpha value is -0.920. The molecule has 7 heteroatoms. The van der Waals surface area contributed by atoms with E-state index in [0.717, 1.165) is 0 Å². The minimum atomic E-state index is -3.40. The van der Waals surface area contributed by atoms with Gasteiger partial charge in [-0.1, -0.05) is 0 Å². The highest BCUT2D eigenvalue weighted by molar-refractivity contribution is 7.89. The van der Waals surface area contributed by atoms with Gasteiger partial charge in [0.15, 0.2) is 5.03 Å². The predicted octanol–water partition coefficient (Wildman–Crippen LogP) is -0.115. The van der Waals surface area contributed by atoms with E-state index >= 15 is 0 Å². The second-order valence-electron chi connectivity index (χ2n) is 4.20. The third-order valence-electron chi connectivity index (χ3n) is 2.91. The normalized spacial score (nSPS) is 22.8. The molecule has 1 aromatic rings. The number of piperazine rings is 1. The SMILES string of the molecule is CCn1nccc1S(=O)(=O)N1CCN[C@@H](C)C1. The molecule has 2 rings (SSSR count). The number of sulfonamides is 1. The average Bonchev–Trinajstić information content (AvgIpc) is 2.77. The summed E-state index contributed by atoms with van der Waals surface area (Å²) < 4.78 is 27.9. The molecule has 0 radical (unpaired) electrons. The lowest BCUT2D eigenvalue weighted by molar-refractivity contribution is 0.307. The van der Waals surface area contributed by atoms with Crippen molar-refractivity contribution in [2.45, 2.75) is 31.5 Å². The Morgan fingerprint density at radius 2 is 2.35 bits per heavy atom. The van der Waals surface area contributed by atoms with Crippen LogP contribution in [0.1, 0.15) is 13.8 Å². The number of hydrogen-bond donors (Lipinski definition) is 1. The van der Waals surface area contributed by atoms with E-state index in [0.29, 0.717) is 26.2 Å². The summed E-state index contributed by atoms with van der Waals surface area (Å²) in [5, 5.41) is 7.53. The van der Waals surface area contributed by atoms with Gasteiger partial charge in [0, 0.05) is 32.2 Å². The quantitative estimate of drug-likeness (QED) is 0.821. The van der Waals surface area contributed by atoms with Crippen LogP contribution < -0.4 is 5.32 Å². The molecule has 1 saturated heterocycles. The smallest absolute Gasteiger partial charge is 0.260 e. The summed E-state index contributed by atoms with van der Waals surface area (Å²) in [7, 11) is -3.40. The maximum Gasteiger partial charge on any atom is 0.260 e. The van der Waals surface area contributed by atoms with Crippen LogP contribution in [-0.4, -0.2) is 48.2 Å². The van der Waals surface area contributed by atoms with E-state index in [4.69, 9.17) is 0 Å². The van der Waals surface area contributed by atoms with Gasteiger partial charge in [0.1, 0.15) is 0 Å². The van der Waals surface area contributed by atoms with Gasteiger partial charge in [0.2, 0.25) is 0 Å². The van der Waals surface area contributed by atoms with E-state index in [2.05, 4.69) is 10.4 Å². The van der Waals surface area contributed by atoms with Gasteiger partial charge in [-0.05, 0) is 19.9 Å². The minimum absolute atomic E-state index is 0.191. The van der Waals surface area contributed by atoms with Crippen LogP contribution >= 0.6 is 0 Å². The van der Waals surface area contributed by atoms with Gasteiger partial charge < -0.3 is 5.32 Å². The van der Waals surface area contributed by atoms with Crippen LogP contribution in [0.25, 0.3) is 0 Å². The maximum absolute atomic E-state index is 12.4. The Labute approximate surface area is 102 Å². The summed E-state index contributed by atoms with van der Waals surface area (Å²) in [6, 6.07) is 1.75. The van der Waals surface area contributed by atoms with Crippen molar-refractivity contribution in [3.05, 3.63) is 12.3 Å². The lowest BCUT2D eigenvalue weighted by Gasteiger charge is -2.30. The summed E-state index contributed by atoms with van der Waals surface area (Å²) in [4.78, 5) is 0. The lowest BCUT2D eigenvalue weighted by Crippen LogP contribution is -2.51. The molecule has 0 aromatic carbocycles. The van der Waals surface area contributed by atoms with Crippen LogP contribution in [0.4, 0.5) is 0 Å². The van der Waals surface area contributed by atoms with Crippen LogP contribution in [0.2, 0.25) is 0 Å². The van der Waals surface area contributed by atoms with E-state index in [1.807, 2.05) is 13.8 Å². The van der Waals surface area contributed by atoms with Crippen molar-refractivity contribution in [2.75, 3.05) is 19.6 Å². The number of aromatic nitrogens is 2. The van der Waals surface area contributed by atoms with E-state index < -0.39 is 10.0 Å². The molecular weight excluding hydrogens is 240 g/mol. The van der Waals surface area contributed by atoms with Gasteiger partial charge in [-0.3, -0.25) is 4.68 Å². The van der Waals surface area contributed by atoms with Crippen molar-refractivity contribution in [2.24, 2.45) is 0 Å². The first-order valence-corrected chi connectivity index (χ1v) is 7.25. The molecular formula is C10H18N4O2S. The van der Waals surface area contributed by atoms with Gasteiger partial charge in [-0.2, -0.15) is 9.40 Å². The van der Waals surface area contributed by atoms with Crippen molar-refractivity contribution in [1.82, 2.24) is 19.4 Å². The van der Waals surface area contributed by atoms with E-state index in [1.54, 1.807) is 6.07 Å². The first-order valence-electron chi connectivity index (χ1n) is 5.81. The fraction of sp³-hybridized carbons (Fsp3) is 0.700. The molecule has 0 unspecified atom stereocenters. The molecule has 0 saturated carbocycles. The summed E-state index contributed by atoms with van der Waals surface area (Å²) >= 11 is 0. The van der Waals surface area contributed by atoms with Crippen molar-refractivity contribution in [3.8, 4) is 0 Å². The first kappa shape index (κ1) is 12.5. The van der Waals surface area contributed by atoms with Crippen molar-refractivity contribution >= 4 is 10.0 Å². The number of nitrogens with one attached hydrogen (secondary N) is 1. The molecule has 1 aliphatic rings. The molecule has 1 fully saturated rings. The predicted molar refractivity (Wildman–Crippen MR) is 64.1 cm³/mol. The third kappa shape index (κ3) is 2.36. The zero-order valence-electron chi connectivity index (χ0n) is 10.1. The van der Waals surface area contributed by atoms with Crippen LogP contribution in [-0.2, 0) is 16.6 Å². The molecule has 2 heterocycles. The summed E-state index contributed by atoms with van der Waals surface area (Å²) in [6.45, 7) is 6.15. The highest BCUT2D eigenvalue weighted by Crippen LogP contribution is 2.16. The lowest BCUT2D eigenvalue weighted by atomic mass is 10.3. The van der Waals surface area contributed by atoms with Gasteiger partial charge >= 0.3 is 0 Å².